The van der Waals surface area contributed by atoms with Gasteiger partial charge in [-0.25, -0.2) is 4.79 Å². The molecule has 3 rings (SSSR count). The zero-order valence-electron chi connectivity index (χ0n) is 13.3. The van der Waals surface area contributed by atoms with Crippen LogP contribution in [0.4, 0.5) is 0 Å². The summed E-state index contributed by atoms with van der Waals surface area (Å²) in [5, 5.41) is 0. The predicted octanol–water partition coefficient (Wildman–Crippen LogP) is 2.39. The lowest BCUT2D eigenvalue weighted by molar-refractivity contribution is 0.0897. The largest absolute Gasteiger partial charge is 0.380 e. The molecule has 2 aromatic rings. The summed E-state index contributed by atoms with van der Waals surface area (Å²) >= 11 is 0. The Balaban J connectivity index is 1.61. The summed E-state index contributed by atoms with van der Waals surface area (Å²) in [6.45, 7) is 6.85. The SMILES string of the molecule is CCCOCCN1CCC(n2c(=O)[nH]c3ccccc32)CC1. The molecule has 22 heavy (non-hydrogen) atoms. The predicted molar refractivity (Wildman–Crippen MR) is 88.4 cm³/mol. The van der Waals surface area contributed by atoms with Gasteiger partial charge in [-0.15, -0.1) is 0 Å². The van der Waals surface area contributed by atoms with E-state index in [4.69, 9.17) is 4.74 Å². The zero-order chi connectivity index (χ0) is 15.4. The third-order valence-electron chi connectivity index (χ3n) is 4.45. The van der Waals surface area contributed by atoms with Crippen molar-refractivity contribution in [2.45, 2.75) is 32.2 Å². The first-order chi connectivity index (χ1) is 10.8. The average Bonchev–Trinajstić information content (AvgIpc) is 2.88. The van der Waals surface area contributed by atoms with E-state index in [0.29, 0.717) is 6.04 Å². The number of rotatable bonds is 6. The lowest BCUT2D eigenvalue weighted by Crippen LogP contribution is -2.38. The molecule has 1 aliphatic rings. The molecule has 1 aromatic carbocycles. The highest BCUT2D eigenvalue weighted by molar-refractivity contribution is 5.75. The van der Waals surface area contributed by atoms with Crippen molar-refractivity contribution in [2.24, 2.45) is 0 Å². The molecule has 0 spiro atoms. The molecule has 0 radical (unpaired) electrons. The van der Waals surface area contributed by atoms with Gasteiger partial charge >= 0.3 is 5.69 Å². The number of aromatic amines is 1. The highest BCUT2D eigenvalue weighted by Crippen LogP contribution is 2.24. The van der Waals surface area contributed by atoms with Gasteiger partial charge in [-0.1, -0.05) is 19.1 Å². The summed E-state index contributed by atoms with van der Waals surface area (Å²) in [6, 6.07) is 8.25. The van der Waals surface area contributed by atoms with Crippen LogP contribution in [0.3, 0.4) is 0 Å². The van der Waals surface area contributed by atoms with Crippen LogP contribution in [0, 0.1) is 0 Å². The molecule has 120 valence electrons. The molecule has 0 aliphatic carbocycles. The molecule has 1 fully saturated rings. The third-order valence-corrected chi connectivity index (χ3v) is 4.45. The molecule has 0 saturated carbocycles. The number of piperidine rings is 1. The highest BCUT2D eigenvalue weighted by atomic mass is 16.5. The molecule has 1 saturated heterocycles. The van der Waals surface area contributed by atoms with Gasteiger partial charge in [0.25, 0.3) is 0 Å². The number of imidazole rings is 1. The molecular formula is C17H25N3O2. The number of aromatic nitrogens is 2. The van der Waals surface area contributed by atoms with E-state index < -0.39 is 0 Å². The fourth-order valence-corrected chi connectivity index (χ4v) is 3.28. The van der Waals surface area contributed by atoms with E-state index in [-0.39, 0.29) is 5.69 Å². The van der Waals surface area contributed by atoms with E-state index in [9.17, 15) is 4.79 Å². The molecule has 2 heterocycles. The van der Waals surface area contributed by atoms with Crippen molar-refractivity contribution in [1.29, 1.82) is 0 Å². The topological polar surface area (TPSA) is 50.3 Å². The number of likely N-dealkylation sites (tertiary alicyclic amines) is 1. The van der Waals surface area contributed by atoms with Crippen molar-refractivity contribution >= 4 is 11.0 Å². The number of nitrogens with zero attached hydrogens (tertiary/aromatic N) is 2. The summed E-state index contributed by atoms with van der Waals surface area (Å²) in [6.07, 6.45) is 3.12. The van der Waals surface area contributed by atoms with Gasteiger partial charge in [0.1, 0.15) is 0 Å². The monoisotopic (exact) mass is 303 g/mol. The van der Waals surface area contributed by atoms with Gasteiger partial charge in [0, 0.05) is 32.3 Å². The quantitative estimate of drug-likeness (QED) is 0.834. The van der Waals surface area contributed by atoms with Gasteiger partial charge in [-0.2, -0.15) is 0 Å². The second-order valence-electron chi connectivity index (χ2n) is 6.00. The minimum Gasteiger partial charge on any atom is -0.380 e. The third kappa shape index (κ3) is 3.25. The maximum absolute atomic E-state index is 12.2. The van der Waals surface area contributed by atoms with Crippen LogP contribution in [-0.2, 0) is 4.74 Å². The summed E-state index contributed by atoms with van der Waals surface area (Å²) in [5.41, 5.74) is 1.98. The normalized spacial score (nSPS) is 17.3. The first-order valence-electron chi connectivity index (χ1n) is 8.29. The van der Waals surface area contributed by atoms with Gasteiger partial charge in [0.05, 0.1) is 17.6 Å². The van der Waals surface area contributed by atoms with Crippen molar-refractivity contribution in [3.63, 3.8) is 0 Å². The van der Waals surface area contributed by atoms with Crippen LogP contribution in [0.2, 0.25) is 0 Å². The summed E-state index contributed by atoms with van der Waals surface area (Å²) in [7, 11) is 0. The first-order valence-corrected chi connectivity index (χ1v) is 8.29. The molecule has 0 amide bonds. The molecule has 0 bridgehead atoms. The van der Waals surface area contributed by atoms with Crippen LogP contribution in [0.5, 0.6) is 0 Å². The van der Waals surface area contributed by atoms with Crippen molar-refractivity contribution in [1.82, 2.24) is 14.5 Å². The van der Waals surface area contributed by atoms with Gasteiger partial charge in [-0.3, -0.25) is 4.57 Å². The molecule has 1 aromatic heterocycles. The van der Waals surface area contributed by atoms with Gasteiger partial charge in [-0.05, 0) is 31.4 Å². The van der Waals surface area contributed by atoms with E-state index in [2.05, 4.69) is 16.8 Å². The van der Waals surface area contributed by atoms with E-state index in [1.807, 2.05) is 28.8 Å². The number of ether oxygens (including phenoxy) is 1. The first kappa shape index (κ1) is 15.3. The van der Waals surface area contributed by atoms with Crippen molar-refractivity contribution in [3.05, 3.63) is 34.7 Å². The summed E-state index contributed by atoms with van der Waals surface area (Å²) in [4.78, 5) is 17.6. The number of H-pyrrole nitrogens is 1. The van der Waals surface area contributed by atoms with Crippen molar-refractivity contribution in [3.8, 4) is 0 Å². The summed E-state index contributed by atoms with van der Waals surface area (Å²) < 4.78 is 7.50. The second kappa shape index (κ2) is 7.11. The van der Waals surface area contributed by atoms with E-state index in [1.54, 1.807) is 0 Å². The number of nitrogens with one attached hydrogen (secondary N) is 1. The van der Waals surface area contributed by atoms with Crippen LogP contribution >= 0.6 is 0 Å². The Morgan fingerprint density at radius 2 is 2.00 bits per heavy atom. The van der Waals surface area contributed by atoms with Crippen molar-refractivity contribution < 1.29 is 4.74 Å². The van der Waals surface area contributed by atoms with Crippen molar-refractivity contribution in [2.75, 3.05) is 32.8 Å². The zero-order valence-corrected chi connectivity index (χ0v) is 13.3. The highest BCUT2D eigenvalue weighted by Gasteiger charge is 2.23. The Bertz CT molecular complexity index is 653. The van der Waals surface area contributed by atoms with E-state index in [0.717, 1.165) is 63.1 Å². The lowest BCUT2D eigenvalue weighted by Gasteiger charge is -2.32. The summed E-state index contributed by atoms with van der Waals surface area (Å²) in [5.74, 6) is 0. The molecule has 1 N–H and O–H groups in total. The van der Waals surface area contributed by atoms with Gasteiger partial charge in [0.2, 0.25) is 0 Å². The molecule has 5 nitrogen and oxygen atoms in total. The van der Waals surface area contributed by atoms with Gasteiger partial charge < -0.3 is 14.6 Å². The minimum absolute atomic E-state index is 0.0194. The van der Waals surface area contributed by atoms with Crippen LogP contribution in [0.1, 0.15) is 32.2 Å². The fraction of sp³-hybridized carbons (Fsp3) is 0.588. The fourth-order valence-electron chi connectivity index (χ4n) is 3.28. The Hall–Kier alpha value is -1.59. The number of para-hydroxylation sites is 2. The Morgan fingerprint density at radius 1 is 1.23 bits per heavy atom. The smallest absolute Gasteiger partial charge is 0.326 e. The van der Waals surface area contributed by atoms with E-state index in [1.165, 1.54) is 0 Å². The molecular weight excluding hydrogens is 278 g/mol. The standard InChI is InChI=1S/C17H25N3O2/c1-2-12-22-13-11-19-9-7-14(8-10-19)20-16-6-4-3-5-15(16)18-17(20)21/h3-6,14H,2,7-13H2,1H3,(H,18,21). The Labute approximate surface area is 130 Å². The molecule has 1 aliphatic heterocycles. The molecule has 0 atom stereocenters. The number of hydrogen-bond donors (Lipinski definition) is 1. The number of fused-ring (bicyclic) bond motifs is 1. The maximum Gasteiger partial charge on any atom is 0.326 e. The van der Waals surface area contributed by atoms with Crippen LogP contribution in [0.15, 0.2) is 29.1 Å². The molecule has 5 heteroatoms. The minimum atomic E-state index is 0.0194. The maximum atomic E-state index is 12.2. The average molecular weight is 303 g/mol. The van der Waals surface area contributed by atoms with Crippen LogP contribution in [0.25, 0.3) is 11.0 Å². The Morgan fingerprint density at radius 3 is 2.77 bits per heavy atom. The number of benzene rings is 1. The van der Waals surface area contributed by atoms with Crippen LogP contribution in [-0.4, -0.2) is 47.3 Å². The van der Waals surface area contributed by atoms with Gasteiger partial charge in [0.15, 0.2) is 0 Å². The lowest BCUT2D eigenvalue weighted by atomic mass is 10.0. The number of hydrogen-bond acceptors (Lipinski definition) is 3. The van der Waals surface area contributed by atoms with Crippen LogP contribution < -0.4 is 5.69 Å². The second-order valence-corrected chi connectivity index (χ2v) is 6.00. The molecule has 0 unspecified atom stereocenters. The van der Waals surface area contributed by atoms with E-state index >= 15 is 0 Å². The Kier molecular flexibility index (Phi) is 4.95.